The van der Waals surface area contributed by atoms with Gasteiger partial charge in [0.2, 0.25) is 0 Å². The van der Waals surface area contributed by atoms with Crippen molar-refractivity contribution in [2.45, 2.75) is 31.9 Å². The van der Waals surface area contributed by atoms with Gasteiger partial charge in [0.05, 0.1) is 11.4 Å². The summed E-state index contributed by atoms with van der Waals surface area (Å²) in [5, 5.41) is 15.1. The summed E-state index contributed by atoms with van der Waals surface area (Å²) in [7, 11) is 0. The highest BCUT2D eigenvalue weighted by atomic mass is 32.2. The highest BCUT2D eigenvalue weighted by molar-refractivity contribution is 8.13. The molecule has 1 aliphatic carbocycles. The molecule has 3 rings (SSSR count). The van der Waals surface area contributed by atoms with Crippen LogP contribution in [0.4, 0.5) is 23.2 Å². The largest absolute Gasteiger partial charge is 0.435 e. The van der Waals surface area contributed by atoms with E-state index in [0.29, 0.717) is 25.0 Å². The highest BCUT2D eigenvalue weighted by Crippen LogP contribution is 2.38. The number of hydrogen-bond acceptors (Lipinski definition) is 4. The van der Waals surface area contributed by atoms with Gasteiger partial charge < -0.3 is 0 Å². The van der Waals surface area contributed by atoms with Crippen LogP contribution in [0.3, 0.4) is 0 Å². The van der Waals surface area contributed by atoms with Gasteiger partial charge in [0.15, 0.2) is 17.1 Å². The molecule has 0 aliphatic heterocycles. The van der Waals surface area contributed by atoms with Crippen molar-refractivity contribution in [3.8, 4) is 11.9 Å². The summed E-state index contributed by atoms with van der Waals surface area (Å²) < 4.78 is 55.2. The lowest BCUT2D eigenvalue weighted by atomic mass is 9.95. The zero-order chi connectivity index (χ0) is 19.6. The number of aliphatic imine (C=N–C) groups is 1. The molecule has 0 radical (unpaired) electrons. The van der Waals surface area contributed by atoms with Crippen LogP contribution in [0.2, 0.25) is 0 Å². The lowest BCUT2D eigenvalue weighted by Gasteiger charge is -2.15. The minimum atomic E-state index is -4.57. The van der Waals surface area contributed by atoms with Crippen LogP contribution in [0.15, 0.2) is 23.2 Å². The van der Waals surface area contributed by atoms with Crippen LogP contribution < -0.4 is 5.32 Å². The summed E-state index contributed by atoms with van der Waals surface area (Å²) in [6.45, 7) is 0. The summed E-state index contributed by atoms with van der Waals surface area (Å²) >= 11 is 1.12. The molecule has 0 saturated carbocycles. The third-order valence-electron chi connectivity index (χ3n) is 4.19. The Bertz CT molecular complexity index is 927. The molecule has 1 aromatic heterocycles. The monoisotopic (exact) mass is 397 g/mol. The normalized spacial score (nSPS) is 14.6. The van der Waals surface area contributed by atoms with Crippen molar-refractivity contribution >= 4 is 22.6 Å². The molecule has 27 heavy (non-hydrogen) atoms. The third kappa shape index (κ3) is 3.93. The predicted molar refractivity (Wildman–Crippen MR) is 94.5 cm³/mol. The molecule has 2 aromatic rings. The quantitative estimate of drug-likeness (QED) is 0.269. The van der Waals surface area contributed by atoms with Gasteiger partial charge in [0, 0.05) is 17.3 Å². The van der Waals surface area contributed by atoms with Gasteiger partial charge in [-0.2, -0.15) is 23.5 Å². The van der Waals surface area contributed by atoms with Crippen molar-refractivity contribution in [1.29, 1.82) is 5.26 Å². The van der Waals surface area contributed by atoms with Crippen LogP contribution >= 0.6 is 11.8 Å². The fourth-order valence-electron chi connectivity index (χ4n) is 3.07. The van der Waals surface area contributed by atoms with Crippen LogP contribution in [0.5, 0.6) is 0 Å². The van der Waals surface area contributed by atoms with Gasteiger partial charge in [-0.1, -0.05) is 11.8 Å². The van der Waals surface area contributed by atoms with Crippen molar-refractivity contribution in [3.05, 3.63) is 41.0 Å². The molecule has 1 aromatic carbocycles. The maximum atomic E-state index is 13.8. The number of aromatic nitrogens is 2. The van der Waals surface area contributed by atoms with E-state index in [1.807, 2.05) is 0 Å². The average Bonchev–Trinajstić information content (AvgIpc) is 3.01. The Labute approximate surface area is 157 Å². The second-order valence-corrected chi connectivity index (χ2v) is 6.68. The van der Waals surface area contributed by atoms with E-state index in [9.17, 15) is 17.6 Å². The Kier molecular flexibility index (Phi) is 5.41. The Balaban J connectivity index is 2.21. The molecular weight excluding hydrogens is 382 g/mol. The molecule has 10 heteroatoms. The van der Waals surface area contributed by atoms with Crippen LogP contribution in [-0.2, 0) is 19.0 Å². The number of alkyl halides is 3. The zero-order valence-corrected chi connectivity index (χ0v) is 15.1. The Morgan fingerprint density at radius 3 is 2.74 bits per heavy atom. The van der Waals surface area contributed by atoms with E-state index >= 15 is 0 Å². The van der Waals surface area contributed by atoms with Crippen LogP contribution in [0.25, 0.3) is 5.69 Å². The highest BCUT2D eigenvalue weighted by Gasteiger charge is 2.39. The Morgan fingerprint density at radius 2 is 2.07 bits per heavy atom. The number of nitriles is 1. The predicted octanol–water partition coefficient (Wildman–Crippen LogP) is 4.33. The van der Waals surface area contributed by atoms with Gasteiger partial charge >= 0.3 is 6.18 Å². The molecular formula is C17H15F4N5S. The first kappa shape index (κ1) is 19.2. The molecule has 0 unspecified atom stereocenters. The van der Waals surface area contributed by atoms with E-state index in [1.54, 1.807) is 12.4 Å². The smallest absolute Gasteiger partial charge is 0.271 e. The molecule has 5 nitrogen and oxygen atoms in total. The lowest BCUT2D eigenvalue weighted by Crippen LogP contribution is -2.13. The standard InChI is InChI=1S/C17H15F4N5S/c1-27-16(23-9-22)24-12-8-10(18)6-7-14(12)26-13-5-3-2-4-11(13)15(25-26)17(19,20)21/h6-8H,2-5H2,1H3,(H,23,24). The van der Waals surface area contributed by atoms with Crippen LogP contribution in [-0.4, -0.2) is 21.2 Å². The average molecular weight is 397 g/mol. The molecule has 1 aliphatic rings. The van der Waals surface area contributed by atoms with E-state index in [0.717, 1.165) is 30.3 Å². The number of nitrogens with zero attached hydrogens (tertiary/aromatic N) is 4. The molecule has 0 spiro atoms. The molecule has 1 N–H and O–H groups in total. The van der Waals surface area contributed by atoms with Gasteiger partial charge in [-0.05, 0) is 44.1 Å². The number of nitrogens with one attached hydrogen (secondary N) is 1. The van der Waals surface area contributed by atoms with Gasteiger partial charge in [0.25, 0.3) is 0 Å². The fraction of sp³-hybridized carbons (Fsp3) is 0.353. The van der Waals surface area contributed by atoms with Gasteiger partial charge in [0.1, 0.15) is 5.82 Å². The van der Waals surface area contributed by atoms with Gasteiger partial charge in [-0.25, -0.2) is 14.1 Å². The van der Waals surface area contributed by atoms with Crippen molar-refractivity contribution in [2.24, 2.45) is 4.99 Å². The number of rotatable bonds is 2. The van der Waals surface area contributed by atoms with Crippen molar-refractivity contribution < 1.29 is 17.6 Å². The van der Waals surface area contributed by atoms with E-state index < -0.39 is 17.7 Å². The van der Waals surface area contributed by atoms with Crippen molar-refractivity contribution in [3.63, 3.8) is 0 Å². The second-order valence-electron chi connectivity index (χ2n) is 5.88. The van der Waals surface area contributed by atoms with Crippen LogP contribution in [0.1, 0.15) is 29.8 Å². The number of halogens is 4. The van der Waals surface area contributed by atoms with E-state index in [-0.39, 0.29) is 22.1 Å². The molecule has 1 heterocycles. The van der Waals surface area contributed by atoms with Crippen molar-refractivity contribution in [2.75, 3.05) is 6.26 Å². The van der Waals surface area contributed by atoms with Crippen molar-refractivity contribution in [1.82, 2.24) is 15.1 Å². The summed E-state index contributed by atoms with van der Waals surface area (Å²) in [6, 6.07) is 3.60. The SMILES string of the molecule is CSC(=Nc1cc(F)ccc1-n1nc(C(F)(F)F)c2c1CCCC2)NC#N. The maximum Gasteiger partial charge on any atom is 0.435 e. The number of amidine groups is 1. The Morgan fingerprint density at radius 1 is 1.33 bits per heavy atom. The lowest BCUT2D eigenvalue weighted by molar-refractivity contribution is -0.142. The minimum Gasteiger partial charge on any atom is -0.271 e. The molecule has 0 bridgehead atoms. The first-order valence-corrected chi connectivity index (χ1v) is 9.33. The molecule has 0 fully saturated rings. The van der Waals surface area contributed by atoms with Gasteiger partial charge in [-0.15, -0.1) is 0 Å². The topological polar surface area (TPSA) is 66.0 Å². The molecule has 142 valence electrons. The zero-order valence-electron chi connectivity index (χ0n) is 14.3. The number of benzene rings is 1. The Hall–Kier alpha value is -2.54. The fourth-order valence-corrected chi connectivity index (χ4v) is 3.41. The van der Waals surface area contributed by atoms with E-state index in [1.165, 1.54) is 10.7 Å². The number of thioether (sulfide) groups is 1. The first-order valence-electron chi connectivity index (χ1n) is 8.11. The summed E-state index contributed by atoms with van der Waals surface area (Å²) in [6.07, 6.45) is 0.988. The summed E-state index contributed by atoms with van der Waals surface area (Å²) in [4.78, 5) is 4.19. The summed E-state index contributed by atoms with van der Waals surface area (Å²) in [5.74, 6) is -0.591. The molecule has 0 saturated heterocycles. The van der Waals surface area contributed by atoms with E-state index in [4.69, 9.17) is 5.26 Å². The second kappa shape index (κ2) is 7.60. The third-order valence-corrected chi connectivity index (χ3v) is 4.77. The maximum absolute atomic E-state index is 13.8. The number of hydrogen-bond donors (Lipinski definition) is 1. The van der Waals surface area contributed by atoms with E-state index in [2.05, 4.69) is 15.4 Å². The van der Waals surface area contributed by atoms with Gasteiger partial charge in [-0.3, -0.25) is 5.32 Å². The first-order chi connectivity index (χ1) is 12.8. The summed E-state index contributed by atoms with van der Waals surface area (Å²) in [5.41, 5.74) is 0.0727. The molecule has 0 amide bonds. The number of fused-ring (bicyclic) bond motifs is 1. The van der Waals surface area contributed by atoms with Crippen LogP contribution in [0, 0.1) is 17.3 Å². The minimum absolute atomic E-state index is 0.0895. The molecule has 0 atom stereocenters.